The van der Waals surface area contributed by atoms with E-state index in [0.717, 1.165) is 0 Å². The van der Waals surface area contributed by atoms with Crippen molar-refractivity contribution in [2.75, 3.05) is 7.05 Å². The zero-order valence-electron chi connectivity index (χ0n) is 14.2. The molecule has 0 N–H and O–H groups in total. The summed E-state index contributed by atoms with van der Waals surface area (Å²) < 4.78 is 0. The third kappa shape index (κ3) is 2.12. The highest BCUT2D eigenvalue weighted by atomic mass is 15.2. The van der Waals surface area contributed by atoms with Gasteiger partial charge >= 0.3 is 0 Å². The fourth-order valence-corrected chi connectivity index (χ4v) is 4.79. The summed E-state index contributed by atoms with van der Waals surface area (Å²) in [6.45, 7) is 0. The van der Waals surface area contributed by atoms with Crippen molar-refractivity contribution in [3.8, 4) is 0 Å². The molecule has 0 aromatic heterocycles. The molecule has 3 aromatic rings. The first-order chi connectivity index (χ1) is 11.8. The summed E-state index contributed by atoms with van der Waals surface area (Å²) in [7, 11) is 2.31. The average Bonchev–Trinajstić information content (AvgIpc) is 2.59. The minimum Gasteiger partial charge on any atom is -0.297 e. The molecule has 5 rings (SSSR count). The highest BCUT2D eigenvalue weighted by molar-refractivity contribution is 6.09. The molecule has 2 atom stereocenters. The fourth-order valence-electron chi connectivity index (χ4n) is 4.79. The van der Waals surface area contributed by atoms with E-state index in [4.69, 9.17) is 0 Å². The molecule has 0 spiro atoms. The van der Waals surface area contributed by atoms with Gasteiger partial charge in [-0.2, -0.15) is 0 Å². The van der Waals surface area contributed by atoms with Crippen molar-refractivity contribution in [2.45, 2.75) is 37.8 Å². The molecule has 2 heterocycles. The summed E-state index contributed by atoms with van der Waals surface area (Å²) in [4.78, 5) is 2.60. The number of rotatable bonds is 1. The Morgan fingerprint density at radius 1 is 0.875 bits per heavy atom. The lowest BCUT2D eigenvalue weighted by atomic mass is 9.81. The summed E-state index contributed by atoms with van der Waals surface area (Å²) >= 11 is 0. The first-order valence-corrected chi connectivity index (χ1v) is 9.15. The predicted molar refractivity (Wildman–Crippen MR) is 103 cm³/mol. The fraction of sp³-hybridized carbons (Fsp3) is 0.304. The van der Waals surface area contributed by atoms with Crippen LogP contribution in [0.5, 0.6) is 0 Å². The van der Waals surface area contributed by atoms with Crippen LogP contribution in [0.2, 0.25) is 0 Å². The molecule has 1 heteroatoms. The molecule has 1 fully saturated rings. The second-order valence-corrected chi connectivity index (χ2v) is 7.41. The molecule has 3 aromatic carbocycles. The molecule has 2 aliphatic heterocycles. The molecule has 1 saturated heterocycles. The summed E-state index contributed by atoms with van der Waals surface area (Å²) in [5.74, 6) is 0. The van der Waals surface area contributed by atoms with E-state index in [0.29, 0.717) is 12.1 Å². The number of fused-ring (bicyclic) bond motifs is 4. The van der Waals surface area contributed by atoms with Crippen molar-refractivity contribution in [2.24, 2.45) is 0 Å². The van der Waals surface area contributed by atoms with E-state index in [2.05, 4.69) is 72.6 Å². The van der Waals surface area contributed by atoms with Crippen molar-refractivity contribution in [1.29, 1.82) is 0 Å². The SMILES string of the molecule is CN1C2C=C(c3c4ccccc4cc4ccccc34)CC1CCC2. The largest absolute Gasteiger partial charge is 0.297 e. The summed E-state index contributed by atoms with van der Waals surface area (Å²) in [5.41, 5.74) is 3.05. The number of hydrogen-bond acceptors (Lipinski definition) is 1. The van der Waals surface area contributed by atoms with Gasteiger partial charge in [0.25, 0.3) is 0 Å². The van der Waals surface area contributed by atoms with Gasteiger partial charge in [-0.15, -0.1) is 0 Å². The molecule has 2 bridgehead atoms. The van der Waals surface area contributed by atoms with E-state index in [-0.39, 0.29) is 0 Å². The van der Waals surface area contributed by atoms with Crippen molar-refractivity contribution < 1.29 is 0 Å². The molecule has 2 aliphatic rings. The van der Waals surface area contributed by atoms with Crippen LogP contribution in [0.3, 0.4) is 0 Å². The van der Waals surface area contributed by atoms with Gasteiger partial charge in [0.05, 0.1) is 0 Å². The zero-order chi connectivity index (χ0) is 16.1. The molecule has 120 valence electrons. The van der Waals surface area contributed by atoms with Gasteiger partial charge in [0, 0.05) is 12.1 Å². The van der Waals surface area contributed by atoms with Crippen molar-refractivity contribution in [3.63, 3.8) is 0 Å². The third-order valence-corrected chi connectivity index (χ3v) is 6.08. The number of piperidine rings is 1. The van der Waals surface area contributed by atoms with Crippen molar-refractivity contribution in [3.05, 3.63) is 66.2 Å². The third-order valence-electron chi connectivity index (χ3n) is 6.08. The van der Waals surface area contributed by atoms with Gasteiger partial charge in [0.2, 0.25) is 0 Å². The van der Waals surface area contributed by atoms with E-state index in [1.165, 1.54) is 52.8 Å². The van der Waals surface area contributed by atoms with Crippen LogP contribution in [-0.4, -0.2) is 24.0 Å². The second kappa shape index (κ2) is 5.46. The van der Waals surface area contributed by atoms with Gasteiger partial charge < -0.3 is 0 Å². The van der Waals surface area contributed by atoms with Crippen LogP contribution in [0, 0.1) is 0 Å². The highest BCUT2D eigenvalue weighted by Gasteiger charge is 2.32. The normalized spacial score (nSPS) is 24.3. The monoisotopic (exact) mass is 313 g/mol. The van der Waals surface area contributed by atoms with Crippen LogP contribution in [0.25, 0.3) is 27.1 Å². The maximum atomic E-state index is 2.60. The number of likely N-dealkylation sites (N-methyl/N-ethyl adjacent to an activating group) is 1. The van der Waals surface area contributed by atoms with Crippen molar-refractivity contribution >= 4 is 27.1 Å². The van der Waals surface area contributed by atoms with Gasteiger partial charge in [0.15, 0.2) is 0 Å². The Hall–Kier alpha value is -2.12. The van der Waals surface area contributed by atoms with Gasteiger partial charge in [-0.3, -0.25) is 4.90 Å². The van der Waals surface area contributed by atoms with Crippen LogP contribution in [0.15, 0.2) is 60.7 Å². The average molecular weight is 313 g/mol. The van der Waals surface area contributed by atoms with E-state index in [1.54, 1.807) is 5.57 Å². The Kier molecular flexibility index (Phi) is 3.24. The lowest BCUT2D eigenvalue weighted by Crippen LogP contribution is -2.45. The van der Waals surface area contributed by atoms with E-state index in [9.17, 15) is 0 Å². The van der Waals surface area contributed by atoms with Crippen LogP contribution in [-0.2, 0) is 0 Å². The molecule has 1 nitrogen and oxygen atoms in total. The van der Waals surface area contributed by atoms with Crippen LogP contribution < -0.4 is 0 Å². The number of nitrogens with zero attached hydrogens (tertiary/aromatic N) is 1. The zero-order valence-corrected chi connectivity index (χ0v) is 14.2. The second-order valence-electron chi connectivity index (χ2n) is 7.41. The molecule has 2 unspecified atom stereocenters. The Morgan fingerprint density at radius 2 is 1.54 bits per heavy atom. The van der Waals surface area contributed by atoms with E-state index < -0.39 is 0 Å². The Bertz CT molecular complexity index is 899. The van der Waals surface area contributed by atoms with Gasteiger partial charge in [-0.25, -0.2) is 0 Å². The van der Waals surface area contributed by atoms with Crippen LogP contribution in [0.4, 0.5) is 0 Å². The van der Waals surface area contributed by atoms with E-state index >= 15 is 0 Å². The topological polar surface area (TPSA) is 3.24 Å². The first-order valence-electron chi connectivity index (χ1n) is 9.15. The molecule has 24 heavy (non-hydrogen) atoms. The number of benzene rings is 3. The standard InChI is InChI=1S/C23H23N/c1-24-19-9-6-10-20(24)15-18(14-19)23-21-11-4-2-7-16(21)13-17-8-3-5-12-22(17)23/h2-5,7-8,11-14,19-20H,6,9-10,15H2,1H3. The van der Waals surface area contributed by atoms with Crippen LogP contribution in [0.1, 0.15) is 31.2 Å². The molecule has 0 radical (unpaired) electrons. The van der Waals surface area contributed by atoms with Gasteiger partial charge in [0.1, 0.15) is 0 Å². The lowest BCUT2D eigenvalue weighted by molar-refractivity contribution is 0.137. The quantitative estimate of drug-likeness (QED) is 0.526. The minimum absolute atomic E-state index is 0.616. The predicted octanol–water partition coefficient (Wildman–Crippen LogP) is 5.63. The lowest BCUT2D eigenvalue weighted by Gasteiger charge is -2.43. The summed E-state index contributed by atoms with van der Waals surface area (Å²) in [5, 5.41) is 5.53. The summed E-state index contributed by atoms with van der Waals surface area (Å²) in [6.07, 6.45) is 7.76. The Labute approximate surface area is 143 Å². The molecule has 0 aliphatic carbocycles. The van der Waals surface area contributed by atoms with Gasteiger partial charge in [-0.1, -0.05) is 61.0 Å². The molecular weight excluding hydrogens is 290 g/mol. The highest BCUT2D eigenvalue weighted by Crippen LogP contribution is 2.41. The van der Waals surface area contributed by atoms with E-state index in [1.807, 2.05) is 0 Å². The van der Waals surface area contributed by atoms with Crippen LogP contribution >= 0.6 is 0 Å². The maximum Gasteiger partial charge on any atom is 0.0284 e. The first kappa shape index (κ1) is 14.2. The number of hydrogen-bond donors (Lipinski definition) is 0. The Morgan fingerprint density at radius 3 is 2.21 bits per heavy atom. The smallest absolute Gasteiger partial charge is 0.0284 e. The Balaban J connectivity index is 1.81. The molecular formula is C23H23N. The molecule has 0 saturated carbocycles. The minimum atomic E-state index is 0.616. The molecule has 0 amide bonds. The van der Waals surface area contributed by atoms with Crippen molar-refractivity contribution in [1.82, 2.24) is 4.90 Å². The maximum absolute atomic E-state index is 2.60. The summed E-state index contributed by atoms with van der Waals surface area (Å²) in [6, 6.07) is 21.4. The van der Waals surface area contributed by atoms with Gasteiger partial charge in [-0.05, 0) is 65.1 Å².